The highest BCUT2D eigenvalue weighted by Crippen LogP contribution is 2.35. The standard InChI is InChI=1S/C12H15N3OS/c1-7-8(2)17-12-10(7)11(13-6-14-12)15-4-3-9(16)5-15/h6,9,16H,3-5H2,1-2H3/t9-/m0/s1. The van der Waals surface area contributed by atoms with Crippen LogP contribution in [-0.4, -0.2) is 34.3 Å². The van der Waals surface area contributed by atoms with Gasteiger partial charge in [-0.15, -0.1) is 11.3 Å². The first-order chi connectivity index (χ1) is 8.16. The maximum absolute atomic E-state index is 9.63. The van der Waals surface area contributed by atoms with Crippen LogP contribution in [-0.2, 0) is 0 Å². The summed E-state index contributed by atoms with van der Waals surface area (Å²) in [5.74, 6) is 0.980. The number of hydrogen-bond donors (Lipinski definition) is 1. The van der Waals surface area contributed by atoms with E-state index in [2.05, 4.69) is 28.7 Å². The summed E-state index contributed by atoms with van der Waals surface area (Å²) in [6.07, 6.45) is 2.23. The molecule has 1 saturated heterocycles. The molecule has 1 atom stereocenters. The Hall–Kier alpha value is -1.20. The highest BCUT2D eigenvalue weighted by Gasteiger charge is 2.24. The van der Waals surface area contributed by atoms with E-state index in [-0.39, 0.29) is 6.10 Å². The maximum atomic E-state index is 9.63. The van der Waals surface area contributed by atoms with Gasteiger partial charge in [0.15, 0.2) is 0 Å². The minimum absolute atomic E-state index is 0.222. The normalized spacial score (nSPS) is 20.4. The van der Waals surface area contributed by atoms with Crippen molar-refractivity contribution in [2.75, 3.05) is 18.0 Å². The molecule has 0 unspecified atom stereocenters. The number of aliphatic hydroxyl groups is 1. The first-order valence-electron chi connectivity index (χ1n) is 5.80. The van der Waals surface area contributed by atoms with Gasteiger partial charge in [0.2, 0.25) is 0 Å². The highest BCUT2D eigenvalue weighted by atomic mass is 32.1. The molecule has 2 aromatic rings. The Bertz CT molecular complexity index is 566. The summed E-state index contributed by atoms with van der Waals surface area (Å²) in [4.78, 5) is 13.2. The Morgan fingerprint density at radius 1 is 1.41 bits per heavy atom. The van der Waals surface area contributed by atoms with E-state index in [0.717, 1.165) is 29.0 Å². The minimum Gasteiger partial charge on any atom is -0.391 e. The number of aliphatic hydroxyl groups excluding tert-OH is 1. The molecule has 17 heavy (non-hydrogen) atoms. The van der Waals surface area contributed by atoms with Gasteiger partial charge in [-0.3, -0.25) is 0 Å². The number of β-amino-alcohol motifs (C(OH)–C–C–N with tert-alkyl or cyclic N) is 1. The van der Waals surface area contributed by atoms with Crippen molar-refractivity contribution in [1.29, 1.82) is 0 Å². The molecule has 1 N–H and O–H groups in total. The number of aryl methyl sites for hydroxylation is 2. The molecule has 2 aromatic heterocycles. The van der Waals surface area contributed by atoms with E-state index in [1.807, 2.05) is 0 Å². The van der Waals surface area contributed by atoms with Crippen LogP contribution >= 0.6 is 11.3 Å². The van der Waals surface area contributed by atoms with E-state index in [9.17, 15) is 5.11 Å². The van der Waals surface area contributed by atoms with Crippen molar-refractivity contribution in [1.82, 2.24) is 9.97 Å². The Kier molecular flexibility index (Phi) is 2.52. The molecule has 5 heteroatoms. The number of fused-ring (bicyclic) bond motifs is 1. The number of anilines is 1. The van der Waals surface area contributed by atoms with E-state index in [0.29, 0.717) is 6.54 Å². The van der Waals surface area contributed by atoms with Crippen LogP contribution in [0.5, 0.6) is 0 Å². The van der Waals surface area contributed by atoms with Crippen LogP contribution in [0.3, 0.4) is 0 Å². The van der Waals surface area contributed by atoms with Crippen molar-refractivity contribution in [2.24, 2.45) is 0 Å². The highest BCUT2D eigenvalue weighted by molar-refractivity contribution is 7.18. The smallest absolute Gasteiger partial charge is 0.141 e. The molecule has 3 rings (SSSR count). The van der Waals surface area contributed by atoms with Gasteiger partial charge in [0.1, 0.15) is 17.0 Å². The minimum atomic E-state index is -0.222. The third-order valence-electron chi connectivity index (χ3n) is 3.41. The van der Waals surface area contributed by atoms with Gasteiger partial charge in [0.05, 0.1) is 11.5 Å². The maximum Gasteiger partial charge on any atom is 0.141 e. The fourth-order valence-electron chi connectivity index (χ4n) is 2.34. The average Bonchev–Trinajstić information content (AvgIpc) is 2.85. The number of nitrogens with zero attached hydrogens (tertiary/aromatic N) is 3. The van der Waals surface area contributed by atoms with Crippen molar-refractivity contribution in [3.05, 3.63) is 16.8 Å². The van der Waals surface area contributed by atoms with Crippen LogP contribution in [0.15, 0.2) is 6.33 Å². The van der Waals surface area contributed by atoms with E-state index in [1.54, 1.807) is 17.7 Å². The predicted molar refractivity (Wildman–Crippen MR) is 69.7 cm³/mol. The number of thiophene rings is 1. The zero-order valence-corrected chi connectivity index (χ0v) is 10.8. The molecule has 0 aromatic carbocycles. The quantitative estimate of drug-likeness (QED) is 0.838. The molecule has 0 bridgehead atoms. The molecule has 1 fully saturated rings. The number of hydrogen-bond acceptors (Lipinski definition) is 5. The monoisotopic (exact) mass is 249 g/mol. The van der Waals surface area contributed by atoms with Gasteiger partial charge in [-0.2, -0.15) is 0 Å². The van der Waals surface area contributed by atoms with E-state index in [4.69, 9.17) is 0 Å². The van der Waals surface area contributed by atoms with Gasteiger partial charge in [0, 0.05) is 18.0 Å². The molecular weight excluding hydrogens is 234 g/mol. The lowest BCUT2D eigenvalue weighted by Crippen LogP contribution is -2.22. The fraction of sp³-hybridized carbons (Fsp3) is 0.500. The number of aromatic nitrogens is 2. The van der Waals surface area contributed by atoms with Crippen molar-refractivity contribution in [3.63, 3.8) is 0 Å². The summed E-state index contributed by atoms with van der Waals surface area (Å²) in [5.41, 5.74) is 1.27. The summed E-state index contributed by atoms with van der Waals surface area (Å²) < 4.78 is 0. The van der Waals surface area contributed by atoms with Crippen molar-refractivity contribution < 1.29 is 5.11 Å². The molecule has 4 nitrogen and oxygen atoms in total. The Labute approximate surface area is 104 Å². The van der Waals surface area contributed by atoms with Crippen molar-refractivity contribution in [3.8, 4) is 0 Å². The van der Waals surface area contributed by atoms with Crippen LogP contribution in [0.4, 0.5) is 5.82 Å². The Morgan fingerprint density at radius 3 is 2.94 bits per heavy atom. The molecule has 1 aliphatic heterocycles. The van der Waals surface area contributed by atoms with Crippen LogP contribution in [0.2, 0.25) is 0 Å². The molecule has 3 heterocycles. The van der Waals surface area contributed by atoms with Gasteiger partial charge in [0.25, 0.3) is 0 Å². The second kappa shape index (κ2) is 3.92. The van der Waals surface area contributed by atoms with Gasteiger partial charge < -0.3 is 10.0 Å². The van der Waals surface area contributed by atoms with Gasteiger partial charge in [-0.25, -0.2) is 9.97 Å². The zero-order valence-electron chi connectivity index (χ0n) is 9.97. The lowest BCUT2D eigenvalue weighted by molar-refractivity contribution is 0.198. The lowest BCUT2D eigenvalue weighted by Gasteiger charge is -2.17. The zero-order chi connectivity index (χ0) is 12.0. The van der Waals surface area contributed by atoms with Crippen molar-refractivity contribution in [2.45, 2.75) is 26.4 Å². The summed E-state index contributed by atoms with van der Waals surface area (Å²) in [6, 6.07) is 0. The molecule has 0 amide bonds. The van der Waals surface area contributed by atoms with Gasteiger partial charge in [-0.05, 0) is 25.8 Å². The number of rotatable bonds is 1. The average molecular weight is 249 g/mol. The second-order valence-corrected chi connectivity index (χ2v) is 5.75. The van der Waals surface area contributed by atoms with Gasteiger partial charge >= 0.3 is 0 Å². The summed E-state index contributed by atoms with van der Waals surface area (Å²) in [7, 11) is 0. The topological polar surface area (TPSA) is 49.2 Å². The van der Waals surface area contributed by atoms with Gasteiger partial charge in [-0.1, -0.05) is 0 Å². The van der Waals surface area contributed by atoms with E-state index >= 15 is 0 Å². The van der Waals surface area contributed by atoms with Crippen LogP contribution in [0.1, 0.15) is 16.9 Å². The second-order valence-electron chi connectivity index (χ2n) is 4.55. The predicted octanol–water partition coefficient (Wildman–Crippen LogP) is 1.88. The molecule has 0 spiro atoms. The third kappa shape index (κ3) is 1.70. The van der Waals surface area contributed by atoms with Crippen molar-refractivity contribution >= 4 is 27.4 Å². The van der Waals surface area contributed by atoms with E-state index in [1.165, 1.54) is 10.4 Å². The Morgan fingerprint density at radius 2 is 2.24 bits per heavy atom. The largest absolute Gasteiger partial charge is 0.391 e. The summed E-state index contributed by atoms with van der Waals surface area (Å²) >= 11 is 1.71. The SMILES string of the molecule is Cc1sc2ncnc(N3CC[C@H](O)C3)c2c1C. The Balaban J connectivity index is 2.16. The molecule has 0 aliphatic carbocycles. The molecule has 90 valence electrons. The summed E-state index contributed by atoms with van der Waals surface area (Å²) in [6.45, 7) is 5.79. The first kappa shape index (κ1) is 10.9. The first-order valence-corrected chi connectivity index (χ1v) is 6.62. The summed E-state index contributed by atoms with van der Waals surface area (Å²) in [5, 5.41) is 10.8. The van der Waals surface area contributed by atoms with Crippen LogP contribution in [0, 0.1) is 13.8 Å². The third-order valence-corrected chi connectivity index (χ3v) is 4.52. The van der Waals surface area contributed by atoms with Crippen LogP contribution < -0.4 is 4.90 Å². The lowest BCUT2D eigenvalue weighted by atomic mass is 10.2. The fourth-order valence-corrected chi connectivity index (χ4v) is 3.33. The molecular formula is C12H15N3OS. The molecule has 0 saturated carbocycles. The molecule has 0 radical (unpaired) electrons. The van der Waals surface area contributed by atoms with Crippen LogP contribution in [0.25, 0.3) is 10.2 Å². The molecule has 1 aliphatic rings. The van der Waals surface area contributed by atoms with E-state index < -0.39 is 0 Å².